The number of aromatic amines is 1. The van der Waals surface area contributed by atoms with E-state index in [9.17, 15) is 4.79 Å². The number of H-pyrrole nitrogens is 1. The molecular formula is C22H30BrIN4O. The van der Waals surface area contributed by atoms with Crippen LogP contribution in [0.25, 0.3) is 10.9 Å². The van der Waals surface area contributed by atoms with Crippen molar-refractivity contribution in [2.45, 2.75) is 58.0 Å². The summed E-state index contributed by atoms with van der Waals surface area (Å²) in [6.07, 6.45) is 3.20. The first-order valence-electron chi connectivity index (χ1n) is 10.8. The zero-order valence-electron chi connectivity index (χ0n) is 17.4. The topological polar surface area (TPSA) is 51.4 Å². The second-order valence-corrected chi connectivity index (χ2v) is 10.3. The summed E-state index contributed by atoms with van der Waals surface area (Å²) in [7, 11) is 0. The summed E-state index contributed by atoms with van der Waals surface area (Å²) < 4.78 is 2.39. The maximum absolute atomic E-state index is 12.7. The number of piperidine rings is 1. The molecule has 0 saturated carbocycles. The Bertz CT molecular complexity index is 910. The van der Waals surface area contributed by atoms with Crippen molar-refractivity contribution >= 4 is 55.5 Å². The molecule has 1 saturated heterocycles. The highest BCUT2D eigenvalue weighted by molar-refractivity contribution is 14.1. The number of rotatable bonds is 5. The molecule has 1 aliphatic heterocycles. The van der Waals surface area contributed by atoms with Gasteiger partial charge in [-0.05, 0) is 101 Å². The fraction of sp³-hybridized carbons (Fsp3) is 0.591. The van der Waals surface area contributed by atoms with Crippen LogP contribution in [0, 0.1) is 3.57 Å². The molecule has 5 nitrogen and oxygen atoms in total. The maximum Gasteiger partial charge on any atom is 0.317 e. The van der Waals surface area contributed by atoms with Crippen molar-refractivity contribution in [3.8, 4) is 0 Å². The lowest BCUT2D eigenvalue weighted by molar-refractivity contribution is 0.0978. The number of urea groups is 1. The quantitative estimate of drug-likeness (QED) is 0.491. The minimum Gasteiger partial charge on any atom is -0.349 e. The highest BCUT2D eigenvalue weighted by Crippen LogP contribution is 2.46. The Morgan fingerprint density at radius 1 is 1.34 bits per heavy atom. The lowest BCUT2D eigenvalue weighted by atomic mass is 9.74. The van der Waals surface area contributed by atoms with Crippen LogP contribution in [0.1, 0.15) is 50.7 Å². The largest absolute Gasteiger partial charge is 0.349 e. The molecule has 3 atom stereocenters. The van der Waals surface area contributed by atoms with Crippen LogP contribution in [-0.4, -0.2) is 59.1 Å². The highest BCUT2D eigenvalue weighted by atomic mass is 127. The van der Waals surface area contributed by atoms with E-state index in [1.54, 1.807) is 0 Å². The average Bonchev–Trinajstić information content (AvgIpc) is 2.99. The molecule has 2 amide bonds. The second kappa shape index (κ2) is 8.75. The summed E-state index contributed by atoms with van der Waals surface area (Å²) in [5.41, 5.74) is 4.09. The molecule has 0 bridgehead atoms. The Hall–Kier alpha value is -0.800. The Kier molecular flexibility index (Phi) is 6.46. The molecule has 2 aromatic rings. The summed E-state index contributed by atoms with van der Waals surface area (Å²) >= 11 is 6.20. The zero-order chi connectivity index (χ0) is 20.7. The predicted octanol–water partition coefficient (Wildman–Crippen LogP) is 5.08. The number of halogens is 2. The molecule has 2 N–H and O–H groups in total. The summed E-state index contributed by atoms with van der Waals surface area (Å²) in [5, 5.41) is 4.74. The van der Waals surface area contributed by atoms with Crippen molar-refractivity contribution in [1.29, 1.82) is 0 Å². The highest BCUT2D eigenvalue weighted by Gasteiger charge is 2.42. The van der Waals surface area contributed by atoms with Gasteiger partial charge in [-0.2, -0.15) is 0 Å². The molecule has 0 spiro atoms. The van der Waals surface area contributed by atoms with Gasteiger partial charge in [-0.25, -0.2) is 4.79 Å². The smallest absolute Gasteiger partial charge is 0.317 e. The van der Waals surface area contributed by atoms with Crippen molar-refractivity contribution in [1.82, 2.24) is 20.1 Å². The zero-order valence-corrected chi connectivity index (χ0v) is 21.1. The van der Waals surface area contributed by atoms with Gasteiger partial charge in [0.05, 0.1) is 4.60 Å². The molecular weight excluding hydrogens is 543 g/mol. The van der Waals surface area contributed by atoms with Crippen molar-refractivity contribution < 1.29 is 4.79 Å². The van der Waals surface area contributed by atoms with Gasteiger partial charge in [0.2, 0.25) is 0 Å². The molecule has 1 aromatic heterocycles. The first kappa shape index (κ1) is 21.4. The molecule has 1 aliphatic carbocycles. The first-order valence-corrected chi connectivity index (χ1v) is 12.6. The molecule has 7 heteroatoms. The van der Waals surface area contributed by atoms with Gasteiger partial charge in [0, 0.05) is 52.1 Å². The number of benzene rings is 1. The number of nitrogens with zero attached hydrogens (tertiary/aromatic N) is 2. The van der Waals surface area contributed by atoms with Crippen molar-refractivity contribution in [2.75, 3.05) is 26.2 Å². The van der Waals surface area contributed by atoms with Crippen LogP contribution in [0.3, 0.4) is 0 Å². The molecule has 2 aliphatic rings. The van der Waals surface area contributed by atoms with E-state index in [1.807, 2.05) is 18.7 Å². The van der Waals surface area contributed by atoms with E-state index in [4.69, 9.17) is 0 Å². The van der Waals surface area contributed by atoms with Crippen LogP contribution in [0.2, 0.25) is 0 Å². The van der Waals surface area contributed by atoms with E-state index in [0.29, 0.717) is 12.0 Å². The van der Waals surface area contributed by atoms with Crippen LogP contribution in [0.15, 0.2) is 16.7 Å². The summed E-state index contributed by atoms with van der Waals surface area (Å²) in [4.78, 5) is 20.8. The van der Waals surface area contributed by atoms with Gasteiger partial charge in [-0.1, -0.05) is 6.92 Å². The third-order valence-electron chi connectivity index (χ3n) is 6.57. The third-order valence-corrected chi connectivity index (χ3v) is 7.87. The van der Waals surface area contributed by atoms with Gasteiger partial charge >= 0.3 is 6.03 Å². The fourth-order valence-electron chi connectivity index (χ4n) is 5.30. The van der Waals surface area contributed by atoms with Crippen LogP contribution >= 0.6 is 38.5 Å². The Morgan fingerprint density at radius 2 is 2.10 bits per heavy atom. The lowest BCUT2D eigenvalue weighted by Crippen LogP contribution is -2.57. The van der Waals surface area contributed by atoms with Crippen molar-refractivity contribution in [3.05, 3.63) is 31.4 Å². The number of fused-ring (bicyclic) bond motifs is 2. The first-order chi connectivity index (χ1) is 14.0. The van der Waals surface area contributed by atoms with E-state index >= 15 is 0 Å². The number of likely N-dealkylation sites (tertiary alicyclic amines) is 1. The van der Waals surface area contributed by atoms with E-state index in [1.165, 1.54) is 25.6 Å². The molecule has 1 fully saturated rings. The number of carbonyl (C=O) groups is 1. The average molecular weight is 573 g/mol. The van der Waals surface area contributed by atoms with E-state index in [-0.39, 0.29) is 12.1 Å². The molecule has 158 valence electrons. The number of aromatic nitrogens is 1. The molecule has 29 heavy (non-hydrogen) atoms. The van der Waals surface area contributed by atoms with Crippen LogP contribution < -0.4 is 5.32 Å². The van der Waals surface area contributed by atoms with Gasteiger partial charge in [-0.15, -0.1) is 0 Å². The minimum absolute atomic E-state index is 0.0728. The number of hydrogen-bond acceptors (Lipinski definition) is 2. The molecule has 2 heterocycles. The van der Waals surface area contributed by atoms with Gasteiger partial charge < -0.3 is 15.2 Å². The molecule has 1 aromatic carbocycles. The summed E-state index contributed by atoms with van der Waals surface area (Å²) in [6, 6.07) is 5.36. The Balaban J connectivity index is 1.69. The normalized spacial score (nSPS) is 23.8. The summed E-state index contributed by atoms with van der Waals surface area (Å²) in [5.74, 6) is 0.449. The van der Waals surface area contributed by atoms with E-state index < -0.39 is 0 Å². The Labute approximate surface area is 195 Å². The lowest BCUT2D eigenvalue weighted by Gasteiger charge is -2.47. The fourth-order valence-corrected chi connectivity index (χ4v) is 6.52. The second-order valence-electron chi connectivity index (χ2n) is 8.26. The molecule has 4 rings (SSSR count). The number of nitrogens with one attached hydrogen (secondary N) is 2. The van der Waals surface area contributed by atoms with Gasteiger partial charge in [0.25, 0.3) is 0 Å². The van der Waals surface area contributed by atoms with E-state index in [2.05, 4.69) is 72.8 Å². The molecule has 0 unspecified atom stereocenters. The number of carbonyl (C=O) groups excluding carboxylic acids is 1. The van der Waals surface area contributed by atoms with Gasteiger partial charge in [-0.3, -0.25) is 4.90 Å². The van der Waals surface area contributed by atoms with Gasteiger partial charge in [0.1, 0.15) is 0 Å². The number of hydrogen-bond donors (Lipinski definition) is 2. The van der Waals surface area contributed by atoms with Crippen LogP contribution in [-0.2, 0) is 6.42 Å². The van der Waals surface area contributed by atoms with Gasteiger partial charge in [0.15, 0.2) is 0 Å². The monoisotopic (exact) mass is 572 g/mol. The maximum atomic E-state index is 12.7. The SMILES string of the molecule is CCCN1C[C@@H](NC(=O)N(CC)CC)C[C@@H]2c3cc(I)cc4[nH]c(Br)c(c34)C[C@H]21. The Morgan fingerprint density at radius 3 is 2.79 bits per heavy atom. The number of amides is 2. The van der Waals surface area contributed by atoms with Crippen molar-refractivity contribution in [3.63, 3.8) is 0 Å². The standard InChI is InChI=1S/C22H30BrIN4O/c1-4-7-28-12-14(25-22(29)27(5-2)6-3)10-15-16-8-13(24)9-18-20(16)17(11-19(15)28)21(23)26-18/h8-9,14-15,19,26H,4-7,10-12H2,1-3H3,(H,25,29)/t14-,15+,19+/m0/s1. The minimum atomic E-state index is 0.0728. The van der Waals surface area contributed by atoms with Crippen LogP contribution in [0.4, 0.5) is 4.79 Å². The third kappa shape index (κ3) is 3.94. The predicted molar refractivity (Wildman–Crippen MR) is 131 cm³/mol. The summed E-state index contributed by atoms with van der Waals surface area (Å²) in [6.45, 7) is 9.83. The van der Waals surface area contributed by atoms with Crippen LogP contribution in [0.5, 0.6) is 0 Å². The van der Waals surface area contributed by atoms with Crippen molar-refractivity contribution in [2.24, 2.45) is 0 Å². The molecule has 0 radical (unpaired) electrons. The van der Waals surface area contributed by atoms with E-state index in [0.717, 1.165) is 50.0 Å².